The molecule has 2 aliphatic rings. The molecule has 7 atom stereocenters. The molecule has 0 saturated carbocycles. The van der Waals surface area contributed by atoms with E-state index < -0.39 is 60.3 Å². The van der Waals surface area contributed by atoms with E-state index in [1.165, 1.54) is 37.6 Å². The number of hydrogen-bond acceptors (Lipinski definition) is 14. The number of ether oxygens (including phenoxy) is 5. The van der Waals surface area contributed by atoms with Crippen LogP contribution in [0.5, 0.6) is 11.5 Å². The van der Waals surface area contributed by atoms with Crippen LogP contribution in [0.15, 0.2) is 83.8 Å². The quantitative estimate of drug-likeness (QED) is 0.0712. The average molecular weight is 862 g/mol. The van der Waals surface area contributed by atoms with Crippen LogP contribution < -0.4 is 19.9 Å². The maximum atomic E-state index is 13.9. The number of hydrogen-bond donors (Lipinski definition) is 3. The van der Waals surface area contributed by atoms with Gasteiger partial charge in [0.25, 0.3) is 0 Å². The number of aliphatic hydroxyl groups excluding tert-OH is 1. The van der Waals surface area contributed by atoms with Crippen LogP contribution in [0.25, 0.3) is 0 Å². The molecule has 0 bridgehead atoms. The standard InChI is InChI=1S/C41H56N3O13PS/c1-28(2)25-44(59(49,50)34-17-15-32(51-4)16-18-34)26-37(45)36(43-41(47)55-38-27-54-40-35(38)19-21-53-40)23-30-11-13-31(14-12-30)24-42-20-22-58(48,56-29(3)39(46)52-5)57-33-9-7-6-8-10-33/h6-18,28-29,35-38,40,42,45H,19-27H2,1-5H3,(H,43,47)/t29?,35-,36-,37+,38-,40+,58?/m0/s1. The summed E-state index contributed by atoms with van der Waals surface area (Å²) in [6.07, 6.45) is -3.36. The van der Waals surface area contributed by atoms with Gasteiger partial charge in [-0.25, -0.2) is 22.6 Å². The molecule has 0 spiro atoms. The number of carbonyl (C=O) groups is 2. The van der Waals surface area contributed by atoms with Crippen LogP contribution in [-0.4, -0.2) is 114 Å². The van der Waals surface area contributed by atoms with Crippen molar-refractivity contribution < 1.29 is 60.4 Å². The third-order valence-electron chi connectivity index (χ3n) is 9.88. The van der Waals surface area contributed by atoms with Gasteiger partial charge in [-0.05, 0) is 73.2 Å². The minimum absolute atomic E-state index is 0.0356. The van der Waals surface area contributed by atoms with Gasteiger partial charge >= 0.3 is 19.7 Å². The molecule has 1 amide bonds. The summed E-state index contributed by atoms with van der Waals surface area (Å²) in [5, 5.41) is 17.8. The third kappa shape index (κ3) is 13.2. The van der Waals surface area contributed by atoms with Gasteiger partial charge in [0.15, 0.2) is 12.4 Å². The Morgan fingerprint density at radius 3 is 2.29 bits per heavy atom. The second-order valence-electron chi connectivity index (χ2n) is 14.9. The lowest BCUT2D eigenvalue weighted by atomic mass is 10.00. The zero-order chi connectivity index (χ0) is 42.6. The molecule has 2 heterocycles. The Morgan fingerprint density at radius 1 is 0.932 bits per heavy atom. The first-order valence-electron chi connectivity index (χ1n) is 19.6. The maximum Gasteiger partial charge on any atom is 0.407 e. The fourth-order valence-electron chi connectivity index (χ4n) is 6.77. The zero-order valence-electron chi connectivity index (χ0n) is 34.1. The van der Waals surface area contributed by atoms with Crippen molar-refractivity contribution in [2.45, 2.75) is 75.7 Å². The lowest BCUT2D eigenvalue weighted by molar-refractivity contribution is -0.148. The highest BCUT2D eigenvalue weighted by molar-refractivity contribution is 7.89. The molecule has 3 aromatic carbocycles. The van der Waals surface area contributed by atoms with Crippen molar-refractivity contribution in [2.75, 3.05) is 53.2 Å². The van der Waals surface area contributed by atoms with Gasteiger partial charge in [0, 0.05) is 26.2 Å². The Labute approximate surface area is 346 Å². The minimum Gasteiger partial charge on any atom is -0.497 e. The molecule has 2 fully saturated rings. The lowest BCUT2D eigenvalue weighted by Crippen LogP contribution is -2.51. The number of alkyl carbamates (subject to hydrolysis) is 1. The van der Waals surface area contributed by atoms with Crippen LogP contribution in [0, 0.1) is 11.8 Å². The van der Waals surface area contributed by atoms with Gasteiger partial charge in [0.2, 0.25) is 10.0 Å². The number of amides is 1. The molecule has 59 heavy (non-hydrogen) atoms. The minimum atomic E-state index is -4.05. The summed E-state index contributed by atoms with van der Waals surface area (Å²) in [4.78, 5) is 25.4. The predicted molar refractivity (Wildman–Crippen MR) is 218 cm³/mol. The molecule has 0 aliphatic carbocycles. The molecular formula is C41H56N3O13PS. The van der Waals surface area contributed by atoms with Crippen LogP contribution in [0.1, 0.15) is 38.3 Å². The summed E-state index contributed by atoms with van der Waals surface area (Å²) in [5.74, 6) is -0.00505. The van der Waals surface area contributed by atoms with Gasteiger partial charge in [-0.1, -0.05) is 56.3 Å². The normalized spacial score (nSPS) is 20.3. The fraction of sp³-hybridized carbons (Fsp3) is 0.512. The Hall–Kier alpha value is -4.06. The van der Waals surface area contributed by atoms with Crippen LogP contribution in [-0.2, 0) is 55.8 Å². The largest absolute Gasteiger partial charge is 0.497 e. The molecule has 2 unspecified atom stereocenters. The number of aliphatic hydroxyl groups is 1. The molecule has 0 radical (unpaired) electrons. The van der Waals surface area contributed by atoms with Gasteiger partial charge in [0.1, 0.15) is 17.6 Å². The highest BCUT2D eigenvalue weighted by Gasteiger charge is 2.44. The zero-order valence-corrected chi connectivity index (χ0v) is 35.8. The van der Waals surface area contributed by atoms with Gasteiger partial charge < -0.3 is 43.9 Å². The number of benzene rings is 3. The second kappa shape index (κ2) is 21.5. The summed E-state index contributed by atoms with van der Waals surface area (Å²) in [5.41, 5.74) is 1.63. The number of sulfonamides is 1. The van der Waals surface area contributed by atoms with E-state index in [0.717, 1.165) is 11.1 Å². The van der Waals surface area contributed by atoms with Crippen molar-refractivity contribution in [3.63, 3.8) is 0 Å². The van der Waals surface area contributed by atoms with Crippen molar-refractivity contribution >= 4 is 29.7 Å². The Balaban J connectivity index is 1.25. The second-order valence-corrected chi connectivity index (χ2v) is 18.9. The molecule has 0 aromatic heterocycles. The number of rotatable bonds is 22. The number of nitrogens with zero attached hydrogens (tertiary/aromatic N) is 1. The van der Waals surface area contributed by atoms with Gasteiger partial charge in [0.05, 0.1) is 56.6 Å². The Morgan fingerprint density at radius 2 is 1.63 bits per heavy atom. The van der Waals surface area contributed by atoms with Crippen molar-refractivity contribution in [3.05, 3.63) is 90.0 Å². The summed E-state index contributed by atoms with van der Waals surface area (Å²) in [7, 11) is -5.13. The van der Waals surface area contributed by atoms with E-state index in [1.807, 2.05) is 38.1 Å². The first-order chi connectivity index (χ1) is 28.2. The highest BCUT2D eigenvalue weighted by Crippen LogP contribution is 2.49. The molecule has 324 valence electrons. The van der Waals surface area contributed by atoms with E-state index in [2.05, 4.69) is 10.6 Å². The monoisotopic (exact) mass is 861 g/mol. The van der Waals surface area contributed by atoms with E-state index in [-0.39, 0.29) is 55.6 Å². The fourth-order valence-corrected chi connectivity index (χ4v) is 10.1. The van der Waals surface area contributed by atoms with E-state index in [9.17, 15) is 27.7 Å². The number of methoxy groups -OCH3 is 2. The van der Waals surface area contributed by atoms with Gasteiger partial charge in [-0.3, -0.25) is 4.52 Å². The van der Waals surface area contributed by atoms with Crippen LogP contribution >= 0.6 is 7.60 Å². The first-order valence-corrected chi connectivity index (χ1v) is 22.8. The molecule has 3 aromatic rings. The van der Waals surface area contributed by atoms with Crippen LogP contribution in [0.3, 0.4) is 0 Å². The summed E-state index contributed by atoms with van der Waals surface area (Å²) in [6, 6.07) is 21.1. The number of carbonyl (C=O) groups excluding carboxylic acids is 2. The summed E-state index contributed by atoms with van der Waals surface area (Å²) >= 11 is 0. The van der Waals surface area contributed by atoms with Crippen molar-refractivity contribution in [2.24, 2.45) is 11.8 Å². The van der Waals surface area contributed by atoms with Crippen LogP contribution in [0.2, 0.25) is 0 Å². The predicted octanol–water partition coefficient (Wildman–Crippen LogP) is 4.74. The van der Waals surface area contributed by atoms with Crippen LogP contribution in [0.4, 0.5) is 4.79 Å². The molecule has 2 saturated heterocycles. The van der Waals surface area contributed by atoms with Gasteiger partial charge in [-0.15, -0.1) is 0 Å². The Kier molecular flexibility index (Phi) is 16.7. The number of esters is 1. The molecule has 5 rings (SSSR count). The lowest BCUT2D eigenvalue weighted by Gasteiger charge is -2.31. The van der Waals surface area contributed by atoms with E-state index in [0.29, 0.717) is 31.1 Å². The third-order valence-corrected chi connectivity index (χ3v) is 13.6. The topological polar surface area (TPSA) is 197 Å². The maximum absolute atomic E-state index is 13.9. The number of para-hydroxylation sites is 1. The summed E-state index contributed by atoms with van der Waals surface area (Å²) in [6.45, 7) is 6.34. The molecule has 3 N–H and O–H groups in total. The molecule has 18 heteroatoms. The number of fused-ring (bicyclic) bond motifs is 1. The first kappa shape index (κ1) is 46.0. The van der Waals surface area contributed by atoms with E-state index in [4.69, 9.17) is 32.7 Å². The average Bonchev–Trinajstić information content (AvgIpc) is 3.84. The highest BCUT2D eigenvalue weighted by atomic mass is 32.2. The number of nitrogens with one attached hydrogen (secondary N) is 2. The van der Waals surface area contributed by atoms with Crippen molar-refractivity contribution in [1.82, 2.24) is 14.9 Å². The van der Waals surface area contributed by atoms with E-state index >= 15 is 0 Å². The van der Waals surface area contributed by atoms with Crippen molar-refractivity contribution in [1.29, 1.82) is 0 Å². The molecule has 16 nitrogen and oxygen atoms in total. The summed E-state index contributed by atoms with van der Waals surface area (Å²) < 4.78 is 81.0. The van der Waals surface area contributed by atoms with Gasteiger partial charge in [-0.2, -0.15) is 4.31 Å². The SMILES string of the molecule is COC(=O)C(C)OP(=O)(CCNCc1ccc(C[C@H](NC(=O)O[C@H]2CO[C@H]3OCC[C@H]32)[C@H](O)CN(CC(C)C)S(=O)(=O)c2ccc(OC)cc2)cc1)Oc1ccccc1. The smallest absolute Gasteiger partial charge is 0.407 e. The Bertz CT molecular complexity index is 1950. The molecule has 2 aliphatic heterocycles. The molecular weight excluding hydrogens is 806 g/mol. The van der Waals surface area contributed by atoms with E-state index in [1.54, 1.807) is 42.5 Å². The van der Waals surface area contributed by atoms with Crippen molar-refractivity contribution in [3.8, 4) is 11.5 Å².